The molecule has 1 aliphatic rings. The van der Waals surface area contributed by atoms with Gasteiger partial charge in [0.2, 0.25) is 0 Å². The number of nitrogens with zero attached hydrogens (tertiary/aromatic N) is 1. The summed E-state index contributed by atoms with van der Waals surface area (Å²) in [5, 5.41) is 7.74. The summed E-state index contributed by atoms with van der Waals surface area (Å²) in [4.78, 5) is 2.44. The van der Waals surface area contributed by atoms with E-state index >= 15 is 0 Å². The van der Waals surface area contributed by atoms with Crippen molar-refractivity contribution in [2.45, 2.75) is 12.8 Å². The molecule has 0 aliphatic carbocycles. The van der Waals surface area contributed by atoms with Crippen LogP contribution in [0.25, 0.3) is 54.6 Å². The Morgan fingerprint density at radius 3 is 1.38 bits per heavy atom. The number of fused-ring (bicyclic) bond motifs is 7. The van der Waals surface area contributed by atoms with E-state index in [0.717, 1.165) is 12.8 Å². The van der Waals surface area contributed by atoms with E-state index < -0.39 is 0 Å². The molecule has 212 valence electrons. The lowest BCUT2D eigenvalue weighted by molar-refractivity contribution is 0.977. The van der Waals surface area contributed by atoms with Gasteiger partial charge in [0.1, 0.15) is 0 Å². The van der Waals surface area contributed by atoms with E-state index in [1.165, 1.54) is 82.8 Å². The Hall–Kier alpha value is -5.66. The van der Waals surface area contributed by atoms with E-state index in [-0.39, 0.29) is 0 Å². The lowest BCUT2D eigenvalue weighted by Gasteiger charge is -2.27. The molecule has 0 saturated heterocycles. The number of hydrogen-bond donors (Lipinski definition) is 0. The maximum Gasteiger partial charge on any atom is 0.0493 e. The molecule has 1 heteroatoms. The zero-order chi connectivity index (χ0) is 29.7. The van der Waals surface area contributed by atoms with Gasteiger partial charge in [-0.05, 0) is 115 Å². The first kappa shape index (κ1) is 25.8. The second-order valence-electron chi connectivity index (χ2n) is 12.0. The summed E-state index contributed by atoms with van der Waals surface area (Å²) in [6, 6.07) is 60.2. The number of hydrogen-bond acceptors (Lipinski definition) is 1. The van der Waals surface area contributed by atoms with E-state index in [1.807, 2.05) is 0 Å². The molecule has 0 spiro atoms. The van der Waals surface area contributed by atoms with Crippen molar-refractivity contribution in [2.24, 2.45) is 0 Å². The van der Waals surface area contributed by atoms with Gasteiger partial charge in [0.05, 0.1) is 0 Å². The second-order valence-corrected chi connectivity index (χ2v) is 12.0. The molecule has 0 N–H and O–H groups in total. The summed E-state index contributed by atoms with van der Waals surface area (Å²) in [5.41, 5.74) is 11.5. The van der Waals surface area contributed by atoms with Crippen LogP contribution < -0.4 is 4.90 Å². The molecule has 0 unspecified atom stereocenters. The third-order valence-corrected chi connectivity index (χ3v) is 9.51. The normalized spacial score (nSPS) is 12.7. The molecule has 0 bridgehead atoms. The molecule has 0 fully saturated rings. The molecule has 1 aliphatic heterocycles. The van der Waals surface area contributed by atoms with E-state index in [9.17, 15) is 0 Å². The van der Waals surface area contributed by atoms with Crippen LogP contribution >= 0.6 is 0 Å². The van der Waals surface area contributed by atoms with Crippen molar-refractivity contribution in [3.8, 4) is 22.3 Å². The molecule has 1 nitrogen and oxygen atoms in total. The maximum absolute atomic E-state index is 2.44. The van der Waals surface area contributed by atoms with Crippen LogP contribution in [0.1, 0.15) is 11.1 Å². The summed E-state index contributed by atoms with van der Waals surface area (Å²) < 4.78 is 0. The van der Waals surface area contributed by atoms with Gasteiger partial charge >= 0.3 is 0 Å². The summed E-state index contributed by atoms with van der Waals surface area (Å²) in [5.74, 6) is 0. The van der Waals surface area contributed by atoms with Crippen molar-refractivity contribution in [3.05, 3.63) is 175 Å². The van der Waals surface area contributed by atoms with Gasteiger partial charge in [0.25, 0.3) is 0 Å². The number of anilines is 3. The average Bonchev–Trinajstić information content (AvgIpc) is 3.28. The topological polar surface area (TPSA) is 3.24 Å². The summed E-state index contributed by atoms with van der Waals surface area (Å²) >= 11 is 0. The van der Waals surface area contributed by atoms with Crippen molar-refractivity contribution in [2.75, 3.05) is 4.90 Å². The molecule has 0 aromatic heterocycles. The summed E-state index contributed by atoms with van der Waals surface area (Å²) in [7, 11) is 0. The van der Waals surface area contributed by atoms with Crippen molar-refractivity contribution in [1.82, 2.24) is 0 Å². The van der Waals surface area contributed by atoms with Gasteiger partial charge in [-0.1, -0.05) is 127 Å². The molecule has 8 aromatic carbocycles. The fourth-order valence-electron chi connectivity index (χ4n) is 7.42. The van der Waals surface area contributed by atoms with Gasteiger partial charge in [-0.3, -0.25) is 0 Å². The van der Waals surface area contributed by atoms with Crippen LogP contribution in [0.2, 0.25) is 0 Å². The number of aryl methyl sites for hydroxylation is 2. The van der Waals surface area contributed by atoms with Crippen molar-refractivity contribution < 1.29 is 0 Å². The Bertz CT molecular complexity index is 2320. The Morgan fingerprint density at radius 2 is 0.822 bits per heavy atom. The lowest BCUT2D eigenvalue weighted by Crippen LogP contribution is -2.11. The van der Waals surface area contributed by atoms with Crippen LogP contribution in [-0.2, 0) is 12.8 Å². The fourth-order valence-corrected chi connectivity index (χ4v) is 7.42. The molecular weight excluding hydrogens is 542 g/mol. The Kier molecular flexibility index (Phi) is 6.02. The minimum atomic E-state index is 1.05. The first-order chi connectivity index (χ1) is 22.3. The molecule has 0 radical (unpaired) electrons. The van der Waals surface area contributed by atoms with Gasteiger partial charge in [0.15, 0.2) is 0 Å². The Labute approximate surface area is 263 Å². The predicted octanol–water partition coefficient (Wildman–Crippen LogP) is 12.0. The van der Waals surface area contributed by atoms with Crippen LogP contribution in [0, 0.1) is 0 Å². The van der Waals surface area contributed by atoms with Crippen LogP contribution in [-0.4, -0.2) is 0 Å². The molecule has 0 atom stereocenters. The number of para-hydroxylation sites is 2. The van der Waals surface area contributed by atoms with Gasteiger partial charge in [-0.25, -0.2) is 0 Å². The van der Waals surface area contributed by atoms with Gasteiger partial charge < -0.3 is 4.90 Å². The minimum absolute atomic E-state index is 1.05. The second kappa shape index (κ2) is 10.5. The predicted molar refractivity (Wildman–Crippen MR) is 192 cm³/mol. The van der Waals surface area contributed by atoms with E-state index in [0.29, 0.717) is 0 Å². The molecule has 0 amide bonds. The zero-order valence-corrected chi connectivity index (χ0v) is 24.9. The first-order valence-corrected chi connectivity index (χ1v) is 15.8. The van der Waals surface area contributed by atoms with Crippen LogP contribution in [0.15, 0.2) is 164 Å². The molecule has 8 aromatic rings. The fraction of sp³-hybridized carbons (Fsp3) is 0.0455. The number of benzene rings is 8. The van der Waals surface area contributed by atoms with Gasteiger partial charge in [-0.2, -0.15) is 0 Å². The van der Waals surface area contributed by atoms with Crippen molar-refractivity contribution >= 4 is 49.4 Å². The summed E-state index contributed by atoms with van der Waals surface area (Å²) in [6.07, 6.45) is 2.09. The standard InChI is InChI=1S/C44H31N/c1-2-12-30(13-3-1)40-28-34-29-41(37-17-7-9-19-39(37)44(34)38-18-8-6-16-36(38)40)31-24-26-35(27-25-31)45-42-20-10-4-14-32(42)22-23-33-15-5-11-21-43(33)45/h1-21,24-29H,22-23H2. The summed E-state index contributed by atoms with van der Waals surface area (Å²) in [6.45, 7) is 0. The third-order valence-electron chi connectivity index (χ3n) is 9.51. The molecule has 0 saturated carbocycles. The highest BCUT2D eigenvalue weighted by Gasteiger charge is 2.22. The van der Waals surface area contributed by atoms with E-state index in [1.54, 1.807) is 0 Å². The largest absolute Gasteiger partial charge is 0.310 e. The SMILES string of the molecule is c1ccc(-c2cc3cc(-c4ccc(N5c6ccccc6CCc6ccccc65)cc4)c4ccccc4c3c3ccccc23)cc1. The molecule has 9 rings (SSSR count). The van der Waals surface area contributed by atoms with Crippen molar-refractivity contribution in [3.63, 3.8) is 0 Å². The Balaban J connectivity index is 1.24. The monoisotopic (exact) mass is 573 g/mol. The quantitative estimate of drug-likeness (QED) is 0.190. The van der Waals surface area contributed by atoms with Crippen molar-refractivity contribution in [1.29, 1.82) is 0 Å². The van der Waals surface area contributed by atoms with E-state index in [4.69, 9.17) is 0 Å². The lowest BCUT2D eigenvalue weighted by atomic mass is 9.87. The van der Waals surface area contributed by atoms with Crippen LogP contribution in [0.4, 0.5) is 17.1 Å². The molecule has 45 heavy (non-hydrogen) atoms. The average molecular weight is 574 g/mol. The smallest absolute Gasteiger partial charge is 0.0493 e. The number of rotatable bonds is 3. The molecular formula is C44H31N. The highest BCUT2D eigenvalue weighted by molar-refractivity contribution is 6.25. The molecule has 1 heterocycles. The minimum Gasteiger partial charge on any atom is -0.310 e. The maximum atomic E-state index is 2.44. The third kappa shape index (κ3) is 4.24. The highest BCUT2D eigenvalue weighted by Crippen LogP contribution is 2.44. The van der Waals surface area contributed by atoms with Gasteiger partial charge in [-0.15, -0.1) is 0 Å². The zero-order valence-electron chi connectivity index (χ0n) is 24.9. The first-order valence-electron chi connectivity index (χ1n) is 15.8. The highest BCUT2D eigenvalue weighted by atomic mass is 15.1. The Morgan fingerprint density at radius 1 is 0.378 bits per heavy atom. The van der Waals surface area contributed by atoms with Crippen LogP contribution in [0.3, 0.4) is 0 Å². The van der Waals surface area contributed by atoms with E-state index in [2.05, 4.69) is 169 Å². The van der Waals surface area contributed by atoms with Crippen LogP contribution in [0.5, 0.6) is 0 Å². The van der Waals surface area contributed by atoms with Gasteiger partial charge in [0, 0.05) is 17.1 Å².